The summed E-state index contributed by atoms with van der Waals surface area (Å²) in [6, 6.07) is -0.252. The monoisotopic (exact) mass is 454 g/mol. The largest absolute Gasteiger partial charge is 0.387 e. The lowest BCUT2D eigenvalue weighted by atomic mass is 9.54. The van der Waals surface area contributed by atoms with Gasteiger partial charge in [-0.1, -0.05) is 39.2 Å². The molecular formula is C28H42N2O3. The molecule has 0 aromatic carbocycles. The van der Waals surface area contributed by atoms with Crippen LogP contribution in [0.2, 0.25) is 0 Å². The molecule has 2 bridgehead atoms. The molecule has 2 saturated carbocycles. The fourth-order valence-corrected chi connectivity index (χ4v) is 6.86. The number of carbonyl (C=O) groups is 2. The summed E-state index contributed by atoms with van der Waals surface area (Å²) >= 11 is 0. The molecule has 5 heteroatoms. The summed E-state index contributed by atoms with van der Waals surface area (Å²) < 4.78 is 0. The van der Waals surface area contributed by atoms with Gasteiger partial charge in [-0.25, -0.2) is 0 Å². The Morgan fingerprint density at radius 3 is 2.70 bits per heavy atom. The predicted molar refractivity (Wildman–Crippen MR) is 132 cm³/mol. The van der Waals surface area contributed by atoms with E-state index in [1.54, 1.807) is 4.90 Å². The highest BCUT2D eigenvalue weighted by molar-refractivity contribution is 5.80. The van der Waals surface area contributed by atoms with Gasteiger partial charge in [0.05, 0.1) is 11.6 Å². The van der Waals surface area contributed by atoms with E-state index in [-0.39, 0.29) is 23.9 Å². The number of hydrogen-bond donors (Lipinski definition) is 1. The van der Waals surface area contributed by atoms with Crippen LogP contribution in [0.4, 0.5) is 0 Å². The molecule has 2 aliphatic heterocycles. The van der Waals surface area contributed by atoms with E-state index in [4.69, 9.17) is 0 Å². The molecule has 4 fully saturated rings. The molecule has 2 aliphatic carbocycles. The van der Waals surface area contributed by atoms with Crippen molar-refractivity contribution in [3.8, 4) is 0 Å². The Kier molecular flexibility index (Phi) is 7.02. The molecule has 33 heavy (non-hydrogen) atoms. The van der Waals surface area contributed by atoms with Crippen molar-refractivity contribution in [2.75, 3.05) is 19.6 Å². The second-order valence-corrected chi connectivity index (χ2v) is 11.4. The fraction of sp³-hybridized carbons (Fsp3) is 0.714. The topological polar surface area (TPSA) is 60.9 Å². The summed E-state index contributed by atoms with van der Waals surface area (Å²) in [5.41, 5.74) is 0.871. The number of nitrogens with zero attached hydrogens (tertiary/aromatic N) is 2. The molecule has 4 aliphatic rings. The number of carbonyl (C=O) groups excluding carboxylic acids is 2. The molecule has 5 unspecified atom stereocenters. The highest BCUT2D eigenvalue weighted by Crippen LogP contribution is 2.57. The molecule has 5 atom stereocenters. The highest BCUT2D eigenvalue weighted by atomic mass is 16.3. The quantitative estimate of drug-likeness (QED) is 0.556. The highest BCUT2D eigenvalue weighted by Gasteiger charge is 2.60. The van der Waals surface area contributed by atoms with Crippen LogP contribution in [0.25, 0.3) is 0 Å². The maximum absolute atomic E-state index is 13.0. The lowest BCUT2D eigenvalue weighted by molar-refractivity contribution is -0.141. The summed E-state index contributed by atoms with van der Waals surface area (Å²) in [5.74, 6) is 0.825. The average Bonchev–Trinajstić information content (AvgIpc) is 3.46. The Morgan fingerprint density at radius 1 is 1.27 bits per heavy atom. The molecule has 5 nitrogen and oxygen atoms in total. The number of rotatable bonds is 8. The second kappa shape index (κ2) is 9.50. The van der Waals surface area contributed by atoms with Gasteiger partial charge < -0.3 is 14.8 Å². The summed E-state index contributed by atoms with van der Waals surface area (Å²) in [4.78, 5) is 28.7. The van der Waals surface area contributed by atoms with Gasteiger partial charge >= 0.3 is 0 Å². The fourth-order valence-electron chi connectivity index (χ4n) is 6.86. The van der Waals surface area contributed by atoms with Crippen LogP contribution in [0.5, 0.6) is 0 Å². The summed E-state index contributed by atoms with van der Waals surface area (Å²) in [6.45, 7) is 15.4. The minimum Gasteiger partial charge on any atom is -0.387 e. The van der Waals surface area contributed by atoms with Crippen LogP contribution in [0.15, 0.2) is 36.5 Å². The van der Waals surface area contributed by atoms with Crippen molar-refractivity contribution in [2.45, 2.75) is 89.3 Å². The van der Waals surface area contributed by atoms with E-state index in [0.29, 0.717) is 19.4 Å². The van der Waals surface area contributed by atoms with E-state index in [1.165, 1.54) is 18.4 Å². The van der Waals surface area contributed by atoms with Gasteiger partial charge in [-0.3, -0.25) is 9.69 Å². The van der Waals surface area contributed by atoms with E-state index in [1.807, 2.05) is 6.08 Å². The number of hydrogen-bond acceptors (Lipinski definition) is 4. The van der Waals surface area contributed by atoms with E-state index < -0.39 is 11.0 Å². The first-order valence-electron chi connectivity index (χ1n) is 13.0. The van der Waals surface area contributed by atoms with E-state index in [9.17, 15) is 14.7 Å². The molecule has 1 N–H and O–H groups in total. The Bertz CT molecular complexity index is 831. The molecule has 4 rings (SSSR count). The number of amides is 1. The first-order chi connectivity index (χ1) is 15.7. The van der Waals surface area contributed by atoms with Crippen molar-refractivity contribution in [1.29, 1.82) is 0 Å². The van der Waals surface area contributed by atoms with Gasteiger partial charge in [-0.15, -0.1) is 0 Å². The maximum Gasteiger partial charge on any atom is 0.223 e. The molecule has 0 aromatic rings. The Labute approximate surface area is 199 Å². The van der Waals surface area contributed by atoms with Crippen molar-refractivity contribution in [1.82, 2.24) is 9.80 Å². The van der Waals surface area contributed by atoms with Gasteiger partial charge in [0.2, 0.25) is 5.91 Å². The zero-order valence-electron chi connectivity index (χ0n) is 20.6. The van der Waals surface area contributed by atoms with Crippen molar-refractivity contribution in [2.24, 2.45) is 17.3 Å². The SMILES string of the molecule is C=CC=C1CC2N(CC3CC3)CCCC(C)(C1=C)C2(O)CC(C)CC(=O)N1CCCC1C=O. The Morgan fingerprint density at radius 2 is 2.03 bits per heavy atom. The van der Waals surface area contributed by atoms with Gasteiger partial charge in [0.15, 0.2) is 0 Å². The molecule has 2 saturated heterocycles. The minimum absolute atomic E-state index is 0.0226. The van der Waals surface area contributed by atoms with E-state index in [0.717, 1.165) is 63.0 Å². The van der Waals surface area contributed by atoms with Crippen LogP contribution in [0, 0.1) is 17.3 Å². The Hall–Kier alpha value is -1.72. The second-order valence-electron chi connectivity index (χ2n) is 11.4. The third-order valence-corrected chi connectivity index (χ3v) is 9.00. The number of likely N-dealkylation sites (tertiary alicyclic amines) is 2. The number of aliphatic hydroxyl groups is 1. The molecule has 1 amide bonds. The van der Waals surface area contributed by atoms with Gasteiger partial charge in [-0.2, -0.15) is 0 Å². The average molecular weight is 455 g/mol. The molecule has 0 spiro atoms. The molecule has 2 heterocycles. The van der Waals surface area contributed by atoms with Crippen molar-refractivity contribution >= 4 is 12.2 Å². The third-order valence-electron chi connectivity index (χ3n) is 9.00. The Balaban J connectivity index is 1.59. The maximum atomic E-state index is 13.0. The minimum atomic E-state index is -0.942. The first kappa shape index (κ1) is 24.4. The van der Waals surface area contributed by atoms with Crippen LogP contribution >= 0.6 is 0 Å². The third kappa shape index (κ3) is 4.51. The lowest BCUT2D eigenvalue weighted by Gasteiger charge is -2.56. The summed E-state index contributed by atoms with van der Waals surface area (Å²) in [5, 5.41) is 12.6. The van der Waals surface area contributed by atoms with Gasteiger partial charge in [0, 0.05) is 31.0 Å². The molecule has 182 valence electrons. The zero-order chi connectivity index (χ0) is 23.8. The number of allylic oxidation sites excluding steroid dienone is 2. The van der Waals surface area contributed by atoms with Crippen LogP contribution in [0.3, 0.4) is 0 Å². The van der Waals surface area contributed by atoms with Crippen molar-refractivity contribution in [3.05, 3.63) is 36.5 Å². The van der Waals surface area contributed by atoms with Gasteiger partial charge in [0.25, 0.3) is 0 Å². The van der Waals surface area contributed by atoms with Crippen molar-refractivity contribution in [3.63, 3.8) is 0 Å². The summed E-state index contributed by atoms with van der Waals surface area (Å²) in [6.07, 6.45) is 12.7. The van der Waals surface area contributed by atoms with Crippen LogP contribution in [0.1, 0.15) is 71.6 Å². The van der Waals surface area contributed by atoms with Crippen LogP contribution < -0.4 is 0 Å². The number of aldehydes is 1. The van der Waals surface area contributed by atoms with E-state index >= 15 is 0 Å². The normalized spacial score (nSPS) is 37.1. The first-order valence-corrected chi connectivity index (χ1v) is 13.0. The van der Waals surface area contributed by atoms with Gasteiger partial charge in [-0.05, 0) is 80.9 Å². The summed E-state index contributed by atoms with van der Waals surface area (Å²) in [7, 11) is 0. The number of fused-ring (bicyclic) bond motifs is 2. The van der Waals surface area contributed by atoms with Crippen LogP contribution in [-0.2, 0) is 9.59 Å². The van der Waals surface area contributed by atoms with E-state index in [2.05, 4.69) is 38.0 Å². The zero-order valence-corrected chi connectivity index (χ0v) is 20.6. The van der Waals surface area contributed by atoms with Crippen molar-refractivity contribution < 1.29 is 14.7 Å². The molecular weight excluding hydrogens is 412 g/mol. The molecule has 0 radical (unpaired) electrons. The lowest BCUT2D eigenvalue weighted by Crippen LogP contribution is -2.63. The predicted octanol–water partition coefficient (Wildman–Crippen LogP) is 4.28. The van der Waals surface area contributed by atoms with Gasteiger partial charge in [0.1, 0.15) is 6.29 Å². The molecule has 0 aromatic heterocycles. The van der Waals surface area contributed by atoms with Crippen LogP contribution in [-0.4, -0.2) is 64.4 Å². The standard InChI is InChI=1S/C28H42N2O3/c1-5-8-23-16-25-28(33,17-20(2)15-26(32)30-14-6-9-24(30)19-31)27(4,21(23)3)12-7-13-29(25)18-22-10-11-22/h5,8,19-20,22,24-25,33H,1,3,6-7,9-18H2,2,4H3. The smallest absolute Gasteiger partial charge is 0.223 e.